The summed E-state index contributed by atoms with van der Waals surface area (Å²) < 4.78 is 13.4. The molecule has 0 spiro atoms. The number of nitrogens with one attached hydrogen (secondary N) is 2. The van der Waals surface area contributed by atoms with Crippen LogP contribution in [0.2, 0.25) is 0 Å². The summed E-state index contributed by atoms with van der Waals surface area (Å²) >= 11 is 0. The molecule has 0 unspecified atom stereocenters. The fourth-order valence-electron chi connectivity index (χ4n) is 3.09. The van der Waals surface area contributed by atoms with Crippen LogP contribution in [0, 0.1) is 5.82 Å². The van der Waals surface area contributed by atoms with Gasteiger partial charge in [0.2, 0.25) is 0 Å². The zero-order chi connectivity index (χ0) is 22.9. The van der Waals surface area contributed by atoms with Crippen molar-refractivity contribution >= 4 is 23.3 Å². The topological polar surface area (TPSA) is 64.7 Å². The molecule has 0 bridgehead atoms. The largest absolute Gasteiger partial charge is 0.322 e. The summed E-state index contributed by atoms with van der Waals surface area (Å²) in [6.07, 6.45) is 0. The molecule has 3 amide bonds. The Kier molecular flexibility index (Phi) is 7.94. The molecule has 0 aliphatic rings. The number of hydrogen-bond donors (Lipinski definition) is 2. The number of urea groups is 1. The van der Waals surface area contributed by atoms with Gasteiger partial charge >= 0.3 is 6.03 Å². The zero-order valence-corrected chi connectivity index (χ0v) is 18.2. The monoisotopic (exact) mass is 434 g/mol. The molecule has 6 nitrogen and oxygen atoms in total. The van der Waals surface area contributed by atoms with Gasteiger partial charge in [-0.05, 0) is 56.1 Å². The van der Waals surface area contributed by atoms with Crippen LogP contribution < -0.4 is 10.6 Å². The molecule has 0 saturated carbocycles. The molecule has 0 saturated heterocycles. The third kappa shape index (κ3) is 6.92. The van der Waals surface area contributed by atoms with Crippen molar-refractivity contribution in [3.63, 3.8) is 0 Å². The number of anilines is 2. The summed E-state index contributed by atoms with van der Waals surface area (Å²) in [5.41, 5.74) is 2.26. The first-order valence-electron chi connectivity index (χ1n) is 10.3. The van der Waals surface area contributed by atoms with E-state index in [4.69, 9.17) is 0 Å². The fourth-order valence-corrected chi connectivity index (χ4v) is 3.09. The maximum absolute atomic E-state index is 13.4. The molecule has 0 aromatic heterocycles. The molecule has 0 aliphatic carbocycles. The third-order valence-electron chi connectivity index (χ3n) is 4.78. The van der Waals surface area contributed by atoms with Gasteiger partial charge in [0.25, 0.3) is 5.91 Å². The Bertz CT molecular complexity index is 1060. The first-order valence-corrected chi connectivity index (χ1v) is 10.3. The molecule has 32 heavy (non-hydrogen) atoms. The number of carbonyl (C=O) groups excluding carboxylic acids is 2. The lowest BCUT2D eigenvalue weighted by atomic mass is 10.1. The number of likely N-dealkylation sites (N-methyl/N-ethyl adjacent to an activating group) is 1. The van der Waals surface area contributed by atoms with Gasteiger partial charge in [-0.15, -0.1) is 0 Å². The van der Waals surface area contributed by atoms with E-state index in [2.05, 4.69) is 10.6 Å². The number of carbonyl (C=O) groups is 2. The predicted octanol–water partition coefficient (Wildman–Crippen LogP) is 4.67. The SMILES string of the molecule is CN(C)CCN(Cc1ccccc1)C(=O)Nc1cccc(C(=O)Nc2cccc(F)c2)c1. The van der Waals surface area contributed by atoms with Crippen LogP contribution >= 0.6 is 0 Å². The van der Waals surface area contributed by atoms with Crippen LogP contribution in [-0.4, -0.2) is 48.9 Å². The van der Waals surface area contributed by atoms with Crippen molar-refractivity contribution < 1.29 is 14.0 Å². The minimum Gasteiger partial charge on any atom is -0.322 e. The first kappa shape index (κ1) is 23.0. The van der Waals surface area contributed by atoms with Gasteiger partial charge in [0.15, 0.2) is 0 Å². The van der Waals surface area contributed by atoms with Gasteiger partial charge in [0, 0.05) is 36.6 Å². The van der Waals surface area contributed by atoms with Crippen molar-refractivity contribution in [2.24, 2.45) is 0 Å². The van der Waals surface area contributed by atoms with E-state index in [0.29, 0.717) is 30.0 Å². The van der Waals surface area contributed by atoms with Crippen molar-refractivity contribution in [3.05, 3.63) is 95.8 Å². The van der Waals surface area contributed by atoms with Crippen LogP contribution in [0.1, 0.15) is 15.9 Å². The molecule has 166 valence electrons. The number of nitrogens with zero attached hydrogens (tertiary/aromatic N) is 2. The van der Waals surface area contributed by atoms with Gasteiger partial charge in [-0.25, -0.2) is 9.18 Å². The molecule has 0 atom stereocenters. The Morgan fingerprint density at radius 3 is 2.19 bits per heavy atom. The molecular weight excluding hydrogens is 407 g/mol. The van der Waals surface area contributed by atoms with Crippen LogP contribution in [0.4, 0.5) is 20.6 Å². The maximum atomic E-state index is 13.4. The number of hydrogen-bond acceptors (Lipinski definition) is 3. The smallest absolute Gasteiger partial charge is 0.322 e. The van der Waals surface area contributed by atoms with Crippen LogP contribution in [-0.2, 0) is 6.54 Å². The Hall–Kier alpha value is -3.71. The van der Waals surface area contributed by atoms with Crippen molar-refractivity contribution in [3.8, 4) is 0 Å². The highest BCUT2D eigenvalue weighted by molar-refractivity contribution is 6.05. The van der Waals surface area contributed by atoms with Crippen molar-refractivity contribution in [2.75, 3.05) is 37.8 Å². The van der Waals surface area contributed by atoms with E-state index in [9.17, 15) is 14.0 Å². The van der Waals surface area contributed by atoms with E-state index in [1.54, 1.807) is 35.2 Å². The molecule has 2 N–H and O–H groups in total. The molecular formula is C25H27FN4O2. The van der Waals surface area contributed by atoms with Crippen LogP contribution in [0.5, 0.6) is 0 Å². The minimum absolute atomic E-state index is 0.251. The van der Waals surface area contributed by atoms with Gasteiger partial charge in [-0.2, -0.15) is 0 Å². The molecule has 0 heterocycles. The second kappa shape index (κ2) is 11.1. The normalized spacial score (nSPS) is 10.6. The summed E-state index contributed by atoms with van der Waals surface area (Å²) in [6.45, 7) is 1.74. The first-order chi connectivity index (χ1) is 15.4. The minimum atomic E-state index is -0.431. The van der Waals surface area contributed by atoms with Gasteiger partial charge in [-0.1, -0.05) is 42.5 Å². The van der Waals surface area contributed by atoms with Gasteiger partial charge in [-0.3, -0.25) is 4.79 Å². The summed E-state index contributed by atoms with van der Waals surface area (Å²) in [5, 5.41) is 5.54. The zero-order valence-electron chi connectivity index (χ0n) is 18.2. The van der Waals surface area contributed by atoms with E-state index in [0.717, 1.165) is 12.1 Å². The van der Waals surface area contributed by atoms with Crippen LogP contribution in [0.15, 0.2) is 78.9 Å². The van der Waals surface area contributed by atoms with Gasteiger partial charge in [0.05, 0.1) is 0 Å². The van der Waals surface area contributed by atoms with Crippen molar-refractivity contribution in [2.45, 2.75) is 6.54 Å². The van der Waals surface area contributed by atoms with E-state index < -0.39 is 5.82 Å². The molecule has 3 aromatic rings. The quantitative estimate of drug-likeness (QED) is 0.541. The third-order valence-corrected chi connectivity index (χ3v) is 4.78. The standard InChI is InChI=1S/C25H27FN4O2/c1-29(2)14-15-30(18-19-8-4-3-5-9-19)25(32)28-22-12-6-10-20(16-22)24(31)27-23-13-7-11-21(26)17-23/h3-13,16-17H,14-15,18H2,1-2H3,(H,27,31)(H,28,32). The average molecular weight is 435 g/mol. The van der Waals surface area contributed by atoms with Gasteiger partial charge < -0.3 is 20.4 Å². The summed E-state index contributed by atoms with van der Waals surface area (Å²) in [6, 6.07) is 21.9. The van der Waals surface area contributed by atoms with E-state index in [1.807, 2.05) is 49.3 Å². The molecule has 3 aromatic carbocycles. The molecule has 7 heteroatoms. The van der Waals surface area contributed by atoms with Crippen molar-refractivity contribution in [1.29, 1.82) is 0 Å². The summed E-state index contributed by atoms with van der Waals surface area (Å²) in [5.74, 6) is -0.819. The molecule has 0 radical (unpaired) electrons. The van der Waals surface area contributed by atoms with E-state index in [-0.39, 0.29) is 11.9 Å². The average Bonchev–Trinajstić information content (AvgIpc) is 2.77. The highest BCUT2D eigenvalue weighted by Gasteiger charge is 2.15. The lowest BCUT2D eigenvalue weighted by Gasteiger charge is -2.25. The Morgan fingerprint density at radius 2 is 1.50 bits per heavy atom. The van der Waals surface area contributed by atoms with E-state index >= 15 is 0 Å². The molecule has 3 rings (SSSR count). The van der Waals surface area contributed by atoms with Crippen molar-refractivity contribution in [1.82, 2.24) is 9.80 Å². The summed E-state index contributed by atoms with van der Waals surface area (Å²) in [4.78, 5) is 29.3. The highest BCUT2D eigenvalue weighted by atomic mass is 19.1. The molecule has 0 aliphatic heterocycles. The molecule has 0 fully saturated rings. The Labute approximate surface area is 187 Å². The second-order valence-corrected chi connectivity index (χ2v) is 7.69. The Balaban J connectivity index is 1.69. The number of halogens is 1. The number of rotatable bonds is 8. The summed E-state index contributed by atoms with van der Waals surface area (Å²) in [7, 11) is 3.92. The van der Waals surface area contributed by atoms with Crippen LogP contribution in [0.25, 0.3) is 0 Å². The lowest BCUT2D eigenvalue weighted by Crippen LogP contribution is -2.39. The fraction of sp³-hybridized carbons (Fsp3) is 0.200. The van der Waals surface area contributed by atoms with Gasteiger partial charge in [0.1, 0.15) is 5.82 Å². The number of benzene rings is 3. The highest BCUT2D eigenvalue weighted by Crippen LogP contribution is 2.16. The maximum Gasteiger partial charge on any atom is 0.322 e. The predicted molar refractivity (Wildman–Crippen MR) is 125 cm³/mol. The van der Waals surface area contributed by atoms with Crippen LogP contribution in [0.3, 0.4) is 0 Å². The lowest BCUT2D eigenvalue weighted by molar-refractivity contribution is 0.102. The second-order valence-electron chi connectivity index (χ2n) is 7.69. The Morgan fingerprint density at radius 1 is 0.812 bits per heavy atom. The van der Waals surface area contributed by atoms with E-state index in [1.165, 1.54) is 18.2 Å². The number of amides is 3.